The van der Waals surface area contributed by atoms with E-state index in [1.807, 2.05) is 29.0 Å². The Morgan fingerprint density at radius 3 is 2.54 bits per heavy atom. The predicted molar refractivity (Wildman–Crippen MR) is 159 cm³/mol. The standard InChI is InChI=1S/C29H24ClN3O4S2/c1-37-26-11-10-21(30)15-24(26)32-27(34)18-39-23-9-5-8-22(16-23)31-29(36)25(14-19-12-13-38-17-19)33-28(35)20-6-3-2-4-7-20/h2-17H,18H2,1H3,(H,31,36)(H,32,34)(H,33,35)/b25-14-. The third kappa shape index (κ3) is 8.22. The van der Waals surface area contributed by atoms with E-state index in [0.29, 0.717) is 27.7 Å². The molecule has 0 bridgehead atoms. The van der Waals surface area contributed by atoms with Crippen molar-refractivity contribution in [1.29, 1.82) is 0 Å². The summed E-state index contributed by atoms with van der Waals surface area (Å²) in [6, 6.07) is 22.6. The van der Waals surface area contributed by atoms with Gasteiger partial charge in [0.1, 0.15) is 11.4 Å². The molecule has 7 nitrogen and oxygen atoms in total. The SMILES string of the molecule is COc1ccc(Cl)cc1NC(=O)CSc1cccc(NC(=O)/C(=C/c2ccsc2)NC(=O)c2ccccc2)c1. The zero-order valence-corrected chi connectivity index (χ0v) is 23.2. The van der Waals surface area contributed by atoms with Gasteiger partial charge in [0.25, 0.3) is 11.8 Å². The van der Waals surface area contributed by atoms with Gasteiger partial charge < -0.3 is 20.7 Å². The molecule has 10 heteroatoms. The van der Waals surface area contributed by atoms with Crippen molar-refractivity contribution in [1.82, 2.24) is 5.32 Å². The molecule has 0 fully saturated rings. The molecule has 3 N–H and O–H groups in total. The lowest BCUT2D eigenvalue weighted by Crippen LogP contribution is -2.30. The van der Waals surface area contributed by atoms with Crippen molar-refractivity contribution in [3.63, 3.8) is 0 Å². The molecule has 0 saturated carbocycles. The summed E-state index contributed by atoms with van der Waals surface area (Å²) in [7, 11) is 1.52. The van der Waals surface area contributed by atoms with Crippen LogP contribution in [0.2, 0.25) is 5.02 Å². The first-order valence-corrected chi connectivity index (χ1v) is 14.0. The first-order chi connectivity index (χ1) is 18.9. The number of rotatable bonds is 10. The van der Waals surface area contributed by atoms with Gasteiger partial charge in [-0.3, -0.25) is 14.4 Å². The van der Waals surface area contributed by atoms with Crippen LogP contribution in [0.1, 0.15) is 15.9 Å². The summed E-state index contributed by atoms with van der Waals surface area (Å²) < 4.78 is 5.27. The lowest BCUT2D eigenvalue weighted by atomic mass is 10.2. The Labute approximate surface area is 239 Å². The van der Waals surface area contributed by atoms with Crippen molar-refractivity contribution in [2.45, 2.75) is 4.90 Å². The number of carbonyl (C=O) groups excluding carboxylic acids is 3. The highest BCUT2D eigenvalue weighted by atomic mass is 35.5. The fourth-order valence-electron chi connectivity index (χ4n) is 3.44. The average molecular weight is 578 g/mol. The highest BCUT2D eigenvalue weighted by Gasteiger charge is 2.16. The predicted octanol–water partition coefficient (Wildman–Crippen LogP) is 6.55. The molecule has 0 atom stereocenters. The minimum atomic E-state index is -0.474. The van der Waals surface area contributed by atoms with Gasteiger partial charge in [0.15, 0.2) is 0 Å². The van der Waals surface area contributed by atoms with Crippen LogP contribution >= 0.6 is 34.7 Å². The third-order valence-corrected chi connectivity index (χ3v) is 7.21. The van der Waals surface area contributed by atoms with Crippen LogP contribution in [0.15, 0.2) is 100 Å². The quantitative estimate of drug-likeness (QED) is 0.147. The molecule has 0 radical (unpaired) electrons. The molecular formula is C29H24ClN3O4S2. The van der Waals surface area contributed by atoms with Gasteiger partial charge in [-0.25, -0.2) is 0 Å². The first kappa shape index (κ1) is 28.0. The summed E-state index contributed by atoms with van der Waals surface area (Å²) in [5.41, 5.74) is 2.35. The number of anilines is 2. The second-order valence-electron chi connectivity index (χ2n) is 8.10. The number of hydrogen-bond donors (Lipinski definition) is 3. The van der Waals surface area contributed by atoms with Crippen LogP contribution in [0.25, 0.3) is 6.08 Å². The van der Waals surface area contributed by atoms with Crippen LogP contribution in [0.5, 0.6) is 5.75 Å². The Morgan fingerprint density at radius 1 is 0.974 bits per heavy atom. The van der Waals surface area contributed by atoms with E-state index in [1.165, 1.54) is 30.2 Å². The molecule has 39 heavy (non-hydrogen) atoms. The van der Waals surface area contributed by atoms with Crippen LogP contribution in [-0.4, -0.2) is 30.6 Å². The van der Waals surface area contributed by atoms with E-state index >= 15 is 0 Å². The molecule has 198 valence electrons. The summed E-state index contributed by atoms with van der Waals surface area (Å²) >= 11 is 8.83. The minimum Gasteiger partial charge on any atom is -0.495 e. The van der Waals surface area contributed by atoms with Crippen LogP contribution < -0.4 is 20.7 Å². The van der Waals surface area contributed by atoms with Crippen molar-refractivity contribution < 1.29 is 19.1 Å². The molecule has 0 spiro atoms. The van der Waals surface area contributed by atoms with Crippen molar-refractivity contribution in [3.05, 3.63) is 111 Å². The van der Waals surface area contributed by atoms with E-state index < -0.39 is 5.91 Å². The second kappa shape index (κ2) is 13.7. The minimum absolute atomic E-state index is 0.107. The Morgan fingerprint density at radius 2 is 1.79 bits per heavy atom. The summed E-state index contributed by atoms with van der Waals surface area (Å²) in [4.78, 5) is 39.3. The maximum atomic E-state index is 13.2. The van der Waals surface area contributed by atoms with E-state index in [1.54, 1.807) is 66.7 Å². The molecule has 4 aromatic rings. The van der Waals surface area contributed by atoms with E-state index in [9.17, 15) is 14.4 Å². The van der Waals surface area contributed by atoms with Gasteiger partial charge in [0.05, 0.1) is 18.6 Å². The molecular weight excluding hydrogens is 554 g/mol. The van der Waals surface area contributed by atoms with Crippen molar-refractivity contribution in [3.8, 4) is 5.75 Å². The molecule has 1 aromatic heterocycles. The van der Waals surface area contributed by atoms with Crippen LogP contribution in [0.4, 0.5) is 11.4 Å². The van der Waals surface area contributed by atoms with Crippen LogP contribution in [0, 0.1) is 0 Å². The van der Waals surface area contributed by atoms with Crippen LogP contribution in [-0.2, 0) is 9.59 Å². The smallest absolute Gasteiger partial charge is 0.272 e. The topological polar surface area (TPSA) is 96.5 Å². The van der Waals surface area contributed by atoms with Crippen molar-refractivity contribution in [2.75, 3.05) is 23.5 Å². The molecule has 0 unspecified atom stereocenters. The Balaban J connectivity index is 1.41. The summed E-state index contributed by atoms with van der Waals surface area (Å²) in [5, 5.41) is 12.6. The van der Waals surface area contributed by atoms with E-state index in [0.717, 1.165) is 10.5 Å². The lowest BCUT2D eigenvalue weighted by molar-refractivity contribution is -0.114. The largest absolute Gasteiger partial charge is 0.495 e. The van der Waals surface area contributed by atoms with Gasteiger partial charge in [0, 0.05) is 21.2 Å². The highest BCUT2D eigenvalue weighted by Crippen LogP contribution is 2.28. The monoisotopic (exact) mass is 577 g/mol. The fourth-order valence-corrected chi connectivity index (χ4v) is 4.99. The van der Waals surface area contributed by atoms with Gasteiger partial charge in [-0.1, -0.05) is 35.9 Å². The third-order valence-electron chi connectivity index (χ3n) is 5.28. The Bertz CT molecular complexity index is 1490. The first-order valence-electron chi connectivity index (χ1n) is 11.7. The zero-order chi connectivity index (χ0) is 27.6. The summed E-state index contributed by atoms with van der Waals surface area (Å²) in [6.45, 7) is 0. The molecule has 3 amide bonds. The number of thiophene rings is 1. The second-order valence-corrected chi connectivity index (χ2v) is 10.4. The van der Waals surface area contributed by atoms with E-state index in [4.69, 9.17) is 16.3 Å². The van der Waals surface area contributed by atoms with E-state index in [2.05, 4.69) is 16.0 Å². The molecule has 0 aliphatic heterocycles. The lowest BCUT2D eigenvalue weighted by Gasteiger charge is -2.12. The number of methoxy groups -OCH3 is 1. The van der Waals surface area contributed by atoms with E-state index in [-0.39, 0.29) is 23.3 Å². The maximum absolute atomic E-state index is 13.2. The van der Waals surface area contributed by atoms with Crippen molar-refractivity contribution >= 4 is 69.9 Å². The number of hydrogen-bond acceptors (Lipinski definition) is 6. The normalized spacial score (nSPS) is 11.0. The molecule has 1 heterocycles. The molecule has 3 aromatic carbocycles. The molecule has 0 aliphatic carbocycles. The average Bonchev–Trinajstić information content (AvgIpc) is 3.45. The number of carbonyl (C=O) groups is 3. The van der Waals surface area contributed by atoms with Gasteiger partial charge in [0.2, 0.25) is 5.91 Å². The number of ether oxygens (including phenoxy) is 1. The highest BCUT2D eigenvalue weighted by molar-refractivity contribution is 8.00. The number of thioether (sulfide) groups is 1. The fraction of sp³-hybridized carbons (Fsp3) is 0.0690. The molecule has 4 rings (SSSR count). The number of amides is 3. The zero-order valence-electron chi connectivity index (χ0n) is 20.8. The number of benzene rings is 3. The Kier molecular flexibility index (Phi) is 9.80. The van der Waals surface area contributed by atoms with Gasteiger partial charge in [-0.15, -0.1) is 11.8 Å². The molecule has 0 aliphatic rings. The maximum Gasteiger partial charge on any atom is 0.272 e. The number of halogens is 1. The van der Waals surface area contributed by atoms with Crippen LogP contribution in [0.3, 0.4) is 0 Å². The number of nitrogens with one attached hydrogen (secondary N) is 3. The molecule has 0 saturated heterocycles. The van der Waals surface area contributed by atoms with Gasteiger partial charge in [-0.05, 0) is 77.0 Å². The summed E-state index contributed by atoms with van der Waals surface area (Å²) in [5.74, 6) is -0.464. The van der Waals surface area contributed by atoms with Gasteiger partial charge in [-0.2, -0.15) is 11.3 Å². The van der Waals surface area contributed by atoms with Gasteiger partial charge >= 0.3 is 0 Å². The van der Waals surface area contributed by atoms with Crippen molar-refractivity contribution in [2.24, 2.45) is 0 Å². The summed E-state index contributed by atoms with van der Waals surface area (Å²) in [6.07, 6.45) is 1.62. The Hall–Kier alpha value is -4.05.